The maximum atomic E-state index is 14.7. The van der Waals surface area contributed by atoms with Gasteiger partial charge in [-0.1, -0.05) is 69.7 Å². The van der Waals surface area contributed by atoms with Crippen molar-refractivity contribution in [3.63, 3.8) is 0 Å². The molecule has 7 atom stereocenters. The van der Waals surface area contributed by atoms with Crippen LogP contribution in [0, 0.1) is 17.8 Å². The van der Waals surface area contributed by atoms with Crippen LogP contribution in [0.15, 0.2) is 54.6 Å². The van der Waals surface area contributed by atoms with E-state index in [0.29, 0.717) is 19.5 Å². The first-order chi connectivity index (χ1) is 18.7. The summed E-state index contributed by atoms with van der Waals surface area (Å²) >= 11 is 0. The number of carbonyl (C=O) groups is 3. The third kappa shape index (κ3) is 3.98. The maximum Gasteiger partial charge on any atom is 0.249 e. The quantitative estimate of drug-likeness (QED) is 0.542. The van der Waals surface area contributed by atoms with Gasteiger partial charge in [-0.15, -0.1) is 0 Å². The van der Waals surface area contributed by atoms with Gasteiger partial charge in [0, 0.05) is 24.8 Å². The highest BCUT2D eigenvalue weighted by molar-refractivity contribution is 6.04. The zero-order valence-corrected chi connectivity index (χ0v) is 23.6. The van der Waals surface area contributed by atoms with E-state index in [1.807, 2.05) is 89.3 Å². The third-order valence-corrected chi connectivity index (χ3v) is 9.45. The minimum absolute atomic E-state index is 0.0520. The van der Waals surface area contributed by atoms with Gasteiger partial charge in [-0.2, -0.15) is 0 Å². The van der Waals surface area contributed by atoms with E-state index in [1.54, 1.807) is 14.7 Å². The highest BCUT2D eigenvalue weighted by atomic mass is 16.5. The predicted molar refractivity (Wildman–Crippen MR) is 149 cm³/mol. The van der Waals surface area contributed by atoms with Crippen LogP contribution in [0.5, 0.6) is 0 Å². The molecule has 1 aromatic carbocycles. The van der Waals surface area contributed by atoms with E-state index in [9.17, 15) is 19.5 Å². The normalized spacial score (nSPS) is 33.7. The molecule has 1 unspecified atom stereocenters. The van der Waals surface area contributed by atoms with Crippen molar-refractivity contribution in [2.75, 3.05) is 24.6 Å². The molecular weight excluding hydrogens is 494 g/mol. The fourth-order valence-electron chi connectivity index (χ4n) is 7.19. The lowest BCUT2D eigenvalue weighted by atomic mass is 9.73. The minimum Gasteiger partial charge on any atom is -0.394 e. The Morgan fingerprint density at radius 1 is 0.949 bits per heavy atom. The number of benzene rings is 1. The van der Waals surface area contributed by atoms with Gasteiger partial charge in [0.25, 0.3) is 0 Å². The Morgan fingerprint density at radius 2 is 1.64 bits per heavy atom. The molecule has 2 saturated heterocycles. The summed E-state index contributed by atoms with van der Waals surface area (Å²) in [5, 5.41) is 10.5. The van der Waals surface area contributed by atoms with Gasteiger partial charge in [0.15, 0.2) is 0 Å². The number of aliphatic hydroxyl groups excluding tert-OH is 1. The Bertz CT molecular complexity index is 1180. The number of fused-ring (bicyclic) bond motifs is 2. The molecule has 3 amide bonds. The number of rotatable bonds is 7. The number of carbonyl (C=O) groups excluding carboxylic acids is 3. The summed E-state index contributed by atoms with van der Waals surface area (Å²) in [6, 6.07) is 7.84. The Labute approximate surface area is 231 Å². The summed E-state index contributed by atoms with van der Waals surface area (Å²) in [5.41, 5.74) is -1.60. The van der Waals surface area contributed by atoms with E-state index >= 15 is 0 Å². The van der Waals surface area contributed by atoms with Gasteiger partial charge >= 0.3 is 0 Å². The van der Waals surface area contributed by atoms with Crippen LogP contribution in [-0.2, 0) is 19.1 Å². The number of ether oxygens (including phenoxy) is 1. The van der Waals surface area contributed by atoms with Crippen molar-refractivity contribution in [3.05, 3.63) is 54.6 Å². The fraction of sp³-hybridized carbons (Fsp3) is 0.581. The molecule has 0 aliphatic carbocycles. The average molecular weight is 536 g/mol. The van der Waals surface area contributed by atoms with Crippen molar-refractivity contribution in [1.29, 1.82) is 0 Å². The summed E-state index contributed by atoms with van der Waals surface area (Å²) in [5.74, 6) is -2.44. The van der Waals surface area contributed by atoms with Crippen LogP contribution in [0.25, 0.3) is 0 Å². The van der Waals surface area contributed by atoms with Crippen LogP contribution in [0.3, 0.4) is 0 Å². The van der Waals surface area contributed by atoms with Gasteiger partial charge in [-0.05, 0) is 38.3 Å². The molecule has 1 aromatic rings. The lowest BCUT2D eigenvalue weighted by molar-refractivity contribution is -0.157. The highest BCUT2D eigenvalue weighted by Crippen LogP contribution is 2.59. The van der Waals surface area contributed by atoms with Gasteiger partial charge in [-0.3, -0.25) is 14.4 Å². The van der Waals surface area contributed by atoms with Gasteiger partial charge < -0.3 is 24.5 Å². The first-order valence-corrected chi connectivity index (χ1v) is 14.3. The van der Waals surface area contributed by atoms with Gasteiger partial charge in [0.1, 0.15) is 11.6 Å². The summed E-state index contributed by atoms with van der Waals surface area (Å²) < 4.78 is 7.03. The van der Waals surface area contributed by atoms with E-state index in [-0.39, 0.29) is 36.3 Å². The molecule has 0 aromatic heterocycles. The summed E-state index contributed by atoms with van der Waals surface area (Å²) in [4.78, 5) is 48.5. The summed E-state index contributed by atoms with van der Waals surface area (Å²) in [6.45, 7) is 10.4. The lowest BCUT2D eigenvalue weighted by Crippen LogP contribution is -2.60. The smallest absolute Gasteiger partial charge is 0.249 e. The largest absolute Gasteiger partial charge is 0.394 e. The maximum absolute atomic E-state index is 14.7. The number of aliphatic hydroxyl groups is 1. The molecule has 8 nitrogen and oxygen atoms in total. The van der Waals surface area contributed by atoms with E-state index in [2.05, 4.69) is 0 Å². The third-order valence-electron chi connectivity index (χ3n) is 9.45. The van der Waals surface area contributed by atoms with Gasteiger partial charge in [0.05, 0.1) is 30.1 Å². The number of amides is 3. The number of hydrogen-bond donors (Lipinski definition) is 1. The van der Waals surface area contributed by atoms with Crippen LogP contribution in [0.2, 0.25) is 0 Å². The molecule has 1 N–H and O–H groups in total. The molecule has 4 aliphatic heterocycles. The summed E-state index contributed by atoms with van der Waals surface area (Å²) in [6.07, 6.45) is 8.89. The van der Waals surface area contributed by atoms with Crippen molar-refractivity contribution in [3.8, 4) is 0 Å². The Morgan fingerprint density at radius 3 is 2.26 bits per heavy atom. The molecule has 0 bridgehead atoms. The second kappa shape index (κ2) is 10.2. The van der Waals surface area contributed by atoms with Crippen LogP contribution in [0.1, 0.15) is 47.5 Å². The topological polar surface area (TPSA) is 90.4 Å². The monoisotopic (exact) mass is 535 g/mol. The fourth-order valence-corrected chi connectivity index (χ4v) is 7.19. The molecule has 210 valence electrons. The van der Waals surface area contributed by atoms with Crippen molar-refractivity contribution in [1.82, 2.24) is 9.80 Å². The van der Waals surface area contributed by atoms with Crippen LogP contribution in [0.4, 0.5) is 5.69 Å². The van der Waals surface area contributed by atoms with Crippen molar-refractivity contribution in [2.24, 2.45) is 17.8 Å². The van der Waals surface area contributed by atoms with E-state index < -0.39 is 35.1 Å². The van der Waals surface area contributed by atoms with Crippen LogP contribution >= 0.6 is 0 Å². The molecule has 4 aliphatic rings. The van der Waals surface area contributed by atoms with E-state index in [1.165, 1.54) is 0 Å². The van der Waals surface area contributed by atoms with Crippen molar-refractivity contribution < 1.29 is 24.2 Å². The number of likely N-dealkylation sites (tertiary alicyclic amines) is 1. The highest BCUT2D eigenvalue weighted by Gasteiger charge is 2.76. The first-order valence-electron chi connectivity index (χ1n) is 14.3. The van der Waals surface area contributed by atoms with Crippen molar-refractivity contribution >= 4 is 23.4 Å². The van der Waals surface area contributed by atoms with Crippen LogP contribution in [-0.4, -0.2) is 81.7 Å². The molecular formula is C31H41N3O5. The molecule has 0 saturated carbocycles. The number of hydrogen-bond acceptors (Lipinski definition) is 5. The second-order valence-electron chi connectivity index (χ2n) is 11.7. The first kappa shape index (κ1) is 27.6. The Kier molecular flexibility index (Phi) is 7.22. The Balaban J connectivity index is 1.71. The molecule has 4 heterocycles. The number of nitrogens with zero attached hydrogens (tertiary/aromatic N) is 3. The molecule has 39 heavy (non-hydrogen) atoms. The zero-order chi connectivity index (χ0) is 28.1. The minimum atomic E-state index is -1.32. The molecule has 2 fully saturated rings. The number of anilines is 1. The second-order valence-corrected chi connectivity index (χ2v) is 11.7. The van der Waals surface area contributed by atoms with Crippen molar-refractivity contribution in [2.45, 2.75) is 76.8 Å². The molecule has 5 rings (SSSR count). The average Bonchev–Trinajstić information content (AvgIpc) is 3.22. The molecule has 0 radical (unpaired) electrons. The predicted octanol–water partition coefficient (Wildman–Crippen LogP) is 3.16. The van der Waals surface area contributed by atoms with E-state index in [4.69, 9.17) is 4.74 Å². The molecule has 1 spiro atoms. The van der Waals surface area contributed by atoms with Gasteiger partial charge in [-0.25, -0.2) is 0 Å². The van der Waals surface area contributed by atoms with E-state index in [0.717, 1.165) is 12.1 Å². The lowest BCUT2D eigenvalue weighted by Gasteiger charge is -2.42. The summed E-state index contributed by atoms with van der Waals surface area (Å²) in [7, 11) is 0. The Hall–Kier alpha value is -2.97. The molecule has 8 heteroatoms. The number of para-hydroxylation sites is 1. The SMILES string of the molecule is CC[C@H](C)[C@H](CO)N1C(=O)[C@@H]2[C@H]3C(=O)N(c4ccccc4)CC=C[C@@]3(CC)O[C@@]23C=CCN(C(C)C)C(=O)C13. The van der Waals surface area contributed by atoms with Crippen LogP contribution < -0.4 is 4.90 Å². The zero-order valence-electron chi connectivity index (χ0n) is 23.6. The standard InChI is InChI=1S/C31H41N3O5/c1-6-21(5)23(19-35)34-26-29(38)32(20(3)4)17-12-16-31(26)25(28(34)37)24-27(36)33(22-13-9-8-10-14-22)18-11-15-30(24,7-2)39-31/h8-16,20-21,23-26,35H,6-7,17-19H2,1-5H3/t21-,23-,24-,25-,26?,30+,31-/m0/s1. The van der Waals surface area contributed by atoms with Gasteiger partial charge in [0.2, 0.25) is 17.7 Å².